The predicted octanol–water partition coefficient (Wildman–Crippen LogP) is 1.06. The van der Waals surface area contributed by atoms with Crippen molar-refractivity contribution in [2.75, 3.05) is 26.2 Å². The summed E-state index contributed by atoms with van der Waals surface area (Å²) in [6, 6.07) is 5.04. The number of benzene rings is 1. The van der Waals surface area contributed by atoms with Crippen molar-refractivity contribution in [3.63, 3.8) is 0 Å². The molecule has 2 rings (SSSR count). The topological polar surface area (TPSA) is 83.7 Å². The summed E-state index contributed by atoms with van der Waals surface area (Å²) in [6.45, 7) is 0.961. The number of hydrogen-bond donors (Lipinski definition) is 1. The normalized spacial score (nSPS) is 17.2. The molecule has 1 aromatic rings. The summed E-state index contributed by atoms with van der Waals surface area (Å²) in [6.07, 6.45) is 0. The highest BCUT2D eigenvalue weighted by Gasteiger charge is 2.27. The second-order valence-corrected chi connectivity index (χ2v) is 7.23. The first-order valence-electron chi connectivity index (χ1n) is 5.81. The third-order valence-electron chi connectivity index (χ3n) is 3.04. The maximum Gasteiger partial charge on any atom is 0.277 e. The minimum atomic E-state index is -3.69. The van der Waals surface area contributed by atoms with E-state index in [2.05, 4.69) is 15.9 Å². The van der Waals surface area contributed by atoms with Crippen LogP contribution in [-0.2, 0) is 10.2 Å². The quantitative estimate of drug-likeness (QED) is 0.830. The van der Waals surface area contributed by atoms with Crippen molar-refractivity contribution in [1.82, 2.24) is 9.21 Å². The van der Waals surface area contributed by atoms with Crippen LogP contribution in [0.5, 0.6) is 0 Å². The molecule has 0 atom stereocenters. The molecule has 2 N–H and O–H groups in total. The highest BCUT2D eigenvalue weighted by molar-refractivity contribution is 9.10. The second-order valence-electron chi connectivity index (χ2n) is 4.36. The van der Waals surface area contributed by atoms with E-state index in [9.17, 15) is 13.2 Å². The SMILES string of the molecule is NS(=O)(=O)N1CCN(C(=O)c2cc(Br)ccc2Cl)CC1. The third kappa shape index (κ3) is 3.50. The molecule has 0 bridgehead atoms. The Bertz CT molecular complexity index is 630. The zero-order chi connectivity index (χ0) is 14.9. The van der Waals surface area contributed by atoms with E-state index < -0.39 is 10.2 Å². The predicted molar refractivity (Wildman–Crippen MR) is 79.7 cm³/mol. The molecular weight excluding hydrogens is 370 g/mol. The number of piperazine rings is 1. The lowest BCUT2D eigenvalue weighted by Crippen LogP contribution is -2.52. The minimum Gasteiger partial charge on any atom is -0.336 e. The number of halogens is 2. The lowest BCUT2D eigenvalue weighted by molar-refractivity contribution is 0.0698. The van der Waals surface area contributed by atoms with Gasteiger partial charge in [-0.05, 0) is 18.2 Å². The van der Waals surface area contributed by atoms with Crippen LogP contribution in [0.2, 0.25) is 5.02 Å². The molecule has 110 valence electrons. The number of carbonyl (C=O) groups is 1. The van der Waals surface area contributed by atoms with Crippen LogP contribution < -0.4 is 5.14 Å². The standard InChI is InChI=1S/C11H13BrClN3O3S/c12-8-1-2-10(13)9(7-8)11(17)15-3-5-16(6-4-15)20(14,18)19/h1-2,7H,3-6H2,(H2,14,18,19). The zero-order valence-corrected chi connectivity index (χ0v) is 13.6. The molecule has 1 heterocycles. The van der Waals surface area contributed by atoms with Crippen LogP contribution in [0.4, 0.5) is 0 Å². The van der Waals surface area contributed by atoms with Crippen LogP contribution in [0.15, 0.2) is 22.7 Å². The van der Waals surface area contributed by atoms with Crippen molar-refractivity contribution in [3.05, 3.63) is 33.3 Å². The molecule has 1 aliphatic heterocycles. The highest BCUT2D eigenvalue weighted by Crippen LogP contribution is 2.23. The van der Waals surface area contributed by atoms with Crippen molar-refractivity contribution in [1.29, 1.82) is 0 Å². The number of hydrogen-bond acceptors (Lipinski definition) is 3. The van der Waals surface area contributed by atoms with Gasteiger partial charge in [0, 0.05) is 30.7 Å². The summed E-state index contributed by atoms with van der Waals surface area (Å²) in [5.74, 6) is -0.217. The molecule has 1 saturated heterocycles. The number of nitrogens with zero attached hydrogens (tertiary/aromatic N) is 2. The average molecular weight is 383 g/mol. The summed E-state index contributed by atoms with van der Waals surface area (Å²) in [5.41, 5.74) is 0.394. The summed E-state index contributed by atoms with van der Waals surface area (Å²) >= 11 is 9.31. The van der Waals surface area contributed by atoms with E-state index in [0.717, 1.165) is 8.78 Å². The van der Waals surface area contributed by atoms with E-state index in [4.69, 9.17) is 16.7 Å². The molecule has 20 heavy (non-hydrogen) atoms. The van der Waals surface area contributed by atoms with E-state index in [1.807, 2.05) is 0 Å². The van der Waals surface area contributed by atoms with Gasteiger partial charge in [-0.15, -0.1) is 0 Å². The van der Waals surface area contributed by atoms with Crippen LogP contribution in [-0.4, -0.2) is 49.7 Å². The van der Waals surface area contributed by atoms with Crippen molar-refractivity contribution >= 4 is 43.6 Å². The number of rotatable bonds is 2. The fourth-order valence-electron chi connectivity index (χ4n) is 1.98. The van der Waals surface area contributed by atoms with Gasteiger partial charge < -0.3 is 4.90 Å². The molecule has 0 spiro atoms. The molecule has 1 aliphatic rings. The molecule has 1 fully saturated rings. The molecule has 0 unspecified atom stereocenters. The third-order valence-corrected chi connectivity index (χ3v) is 4.95. The largest absolute Gasteiger partial charge is 0.336 e. The van der Waals surface area contributed by atoms with E-state index in [1.54, 1.807) is 23.1 Å². The molecule has 1 amide bonds. The monoisotopic (exact) mass is 381 g/mol. The Balaban J connectivity index is 2.11. The Morgan fingerprint density at radius 1 is 1.25 bits per heavy atom. The van der Waals surface area contributed by atoms with Crippen molar-refractivity contribution in [2.24, 2.45) is 5.14 Å². The maximum absolute atomic E-state index is 12.4. The van der Waals surface area contributed by atoms with E-state index >= 15 is 0 Å². The molecule has 6 nitrogen and oxygen atoms in total. The van der Waals surface area contributed by atoms with Crippen LogP contribution in [0, 0.1) is 0 Å². The van der Waals surface area contributed by atoms with Crippen LogP contribution in [0.3, 0.4) is 0 Å². The summed E-state index contributed by atoms with van der Waals surface area (Å²) in [5, 5.41) is 5.42. The molecule has 0 aromatic heterocycles. The van der Waals surface area contributed by atoms with Crippen molar-refractivity contribution in [3.8, 4) is 0 Å². The molecule has 0 aliphatic carbocycles. The summed E-state index contributed by atoms with van der Waals surface area (Å²) in [7, 11) is -3.69. The molecular formula is C11H13BrClN3O3S. The van der Waals surface area contributed by atoms with E-state index in [1.165, 1.54) is 0 Å². The first-order valence-corrected chi connectivity index (χ1v) is 8.48. The Kier molecular flexibility index (Phi) is 4.70. The Morgan fingerprint density at radius 3 is 2.40 bits per heavy atom. The van der Waals surface area contributed by atoms with Crippen molar-refractivity contribution in [2.45, 2.75) is 0 Å². The highest BCUT2D eigenvalue weighted by atomic mass is 79.9. The van der Waals surface area contributed by atoms with Gasteiger partial charge in [-0.2, -0.15) is 12.7 Å². The fraction of sp³-hybridized carbons (Fsp3) is 0.364. The van der Waals surface area contributed by atoms with Crippen molar-refractivity contribution < 1.29 is 13.2 Å². The first kappa shape index (κ1) is 15.7. The van der Waals surface area contributed by atoms with Gasteiger partial charge >= 0.3 is 0 Å². The molecule has 0 radical (unpaired) electrons. The maximum atomic E-state index is 12.4. The van der Waals surface area contributed by atoms with Gasteiger partial charge in [-0.25, -0.2) is 5.14 Å². The summed E-state index contributed by atoms with van der Waals surface area (Å²) in [4.78, 5) is 13.9. The van der Waals surface area contributed by atoms with Gasteiger partial charge in [0.25, 0.3) is 16.1 Å². The van der Waals surface area contributed by atoms with E-state index in [-0.39, 0.29) is 32.1 Å². The van der Waals surface area contributed by atoms with E-state index in [0.29, 0.717) is 10.6 Å². The van der Waals surface area contributed by atoms with Gasteiger partial charge in [0.05, 0.1) is 10.6 Å². The van der Waals surface area contributed by atoms with Gasteiger partial charge in [0.2, 0.25) is 0 Å². The molecule has 9 heteroatoms. The van der Waals surface area contributed by atoms with Gasteiger partial charge in [-0.1, -0.05) is 27.5 Å². The molecule has 0 saturated carbocycles. The lowest BCUT2D eigenvalue weighted by atomic mass is 10.2. The fourth-order valence-corrected chi connectivity index (χ4v) is 3.21. The van der Waals surface area contributed by atoms with Gasteiger partial charge in [0.15, 0.2) is 0 Å². The molecule has 1 aromatic carbocycles. The van der Waals surface area contributed by atoms with Gasteiger partial charge in [-0.3, -0.25) is 4.79 Å². The van der Waals surface area contributed by atoms with Gasteiger partial charge in [0.1, 0.15) is 0 Å². The number of carbonyl (C=O) groups excluding carboxylic acids is 1. The Morgan fingerprint density at radius 2 is 1.85 bits per heavy atom. The zero-order valence-electron chi connectivity index (χ0n) is 10.4. The van der Waals surface area contributed by atoms with Crippen LogP contribution >= 0.6 is 27.5 Å². The lowest BCUT2D eigenvalue weighted by Gasteiger charge is -2.33. The van der Waals surface area contributed by atoms with Crippen LogP contribution in [0.1, 0.15) is 10.4 Å². The number of nitrogens with two attached hydrogens (primary N) is 1. The minimum absolute atomic E-state index is 0.191. The average Bonchev–Trinajstić information content (AvgIpc) is 2.40. The first-order chi connectivity index (χ1) is 9.29. The van der Waals surface area contributed by atoms with Crippen LogP contribution in [0.25, 0.3) is 0 Å². The Labute approximate surface area is 130 Å². The Hall–Kier alpha value is -0.670. The second kappa shape index (κ2) is 5.98. The smallest absolute Gasteiger partial charge is 0.277 e. The number of amides is 1. The summed E-state index contributed by atoms with van der Waals surface area (Å²) < 4.78 is 24.3.